The van der Waals surface area contributed by atoms with Crippen molar-refractivity contribution in [3.8, 4) is 0 Å². The first-order valence-corrected chi connectivity index (χ1v) is 6.75. The van der Waals surface area contributed by atoms with Gasteiger partial charge >= 0.3 is 0 Å². The second-order valence-electron chi connectivity index (χ2n) is 5.06. The van der Waals surface area contributed by atoms with Gasteiger partial charge in [-0.05, 0) is 45.2 Å². The van der Waals surface area contributed by atoms with Gasteiger partial charge in [0.1, 0.15) is 0 Å². The van der Waals surface area contributed by atoms with Crippen LogP contribution in [-0.2, 0) is 9.47 Å². The molecular formula is C13H28N2O2. The van der Waals surface area contributed by atoms with Gasteiger partial charge in [0.25, 0.3) is 0 Å². The summed E-state index contributed by atoms with van der Waals surface area (Å²) in [7, 11) is 3.96. The number of hydrogen-bond donors (Lipinski definition) is 1. The number of methoxy groups -OCH3 is 1. The minimum absolute atomic E-state index is 0.491. The molecular weight excluding hydrogens is 216 g/mol. The number of nitrogens with two attached hydrogens (primary N) is 1. The quantitative estimate of drug-likeness (QED) is 0.694. The van der Waals surface area contributed by atoms with E-state index >= 15 is 0 Å². The Hall–Kier alpha value is -0.160. The Morgan fingerprint density at radius 1 is 1.53 bits per heavy atom. The van der Waals surface area contributed by atoms with Crippen LogP contribution >= 0.6 is 0 Å². The molecule has 0 aromatic heterocycles. The predicted octanol–water partition coefficient (Wildman–Crippen LogP) is 1.10. The molecule has 1 saturated heterocycles. The van der Waals surface area contributed by atoms with Gasteiger partial charge in [0.2, 0.25) is 0 Å². The SMILES string of the molecule is COCC(CCCN)N(C)CC1CCCOC1. The van der Waals surface area contributed by atoms with Crippen molar-refractivity contribution in [1.82, 2.24) is 4.90 Å². The number of hydrogen-bond acceptors (Lipinski definition) is 4. The Morgan fingerprint density at radius 2 is 2.35 bits per heavy atom. The van der Waals surface area contributed by atoms with Crippen molar-refractivity contribution in [2.45, 2.75) is 31.7 Å². The highest BCUT2D eigenvalue weighted by atomic mass is 16.5. The second kappa shape index (κ2) is 8.86. The summed E-state index contributed by atoms with van der Waals surface area (Å²) in [5, 5.41) is 0. The lowest BCUT2D eigenvalue weighted by atomic mass is 10.0. The first-order chi connectivity index (χ1) is 8.27. The number of nitrogens with zero attached hydrogens (tertiary/aromatic N) is 1. The first-order valence-electron chi connectivity index (χ1n) is 6.75. The summed E-state index contributed by atoms with van der Waals surface area (Å²) in [6.07, 6.45) is 4.69. The van der Waals surface area contributed by atoms with Crippen molar-refractivity contribution in [2.75, 3.05) is 47.1 Å². The van der Waals surface area contributed by atoms with Crippen LogP contribution in [0.4, 0.5) is 0 Å². The van der Waals surface area contributed by atoms with Crippen LogP contribution < -0.4 is 5.73 Å². The summed E-state index contributed by atoms with van der Waals surface area (Å²) < 4.78 is 10.8. The standard InChI is InChI=1S/C13H28N2O2/c1-15(9-12-5-4-8-17-10-12)13(11-16-2)6-3-7-14/h12-13H,3-11,14H2,1-2H3. The lowest BCUT2D eigenvalue weighted by Crippen LogP contribution is -2.40. The smallest absolute Gasteiger partial charge is 0.0617 e. The van der Waals surface area contributed by atoms with Gasteiger partial charge in [-0.2, -0.15) is 0 Å². The van der Waals surface area contributed by atoms with E-state index in [1.807, 2.05) is 0 Å². The zero-order valence-corrected chi connectivity index (χ0v) is 11.4. The van der Waals surface area contributed by atoms with Gasteiger partial charge in [-0.25, -0.2) is 0 Å². The van der Waals surface area contributed by atoms with E-state index in [2.05, 4.69) is 11.9 Å². The van der Waals surface area contributed by atoms with Crippen LogP contribution in [-0.4, -0.2) is 58.0 Å². The fourth-order valence-electron chi connectivity index (χ4n) is 2.48. The molecule has 0 amide bonds. The Morgan fingerprint density at radius 3 is 2.94 bits per heavy atom. The third-order valence-electron chi connectivity index (χ3n) is 3.52. The first kappa shape index (κ1) is 14.9. The van der Waals surface area contributed by atoms with Crippen LogP contribution in [0.5, 0.6) is 0 Å². The van der Waals surface area contributed by atoms with Crippen LogP contribution in [0.3, 0.4) is 0 Å². The lowest BCUT2D eigenvalue weighted by molar-refractivity contribution is 0.0254. The summed E-state index contributed by atoms with van der Waals surface area (Å²) in [6.45, 7) is 4.53. The molecule has 2 atom stereocenters. The van der Waals surface area contributed by atoms with Crippen molar-refractivity contribution in [1.29, 1.82) is 0 Å². The zero-order chi connectivity index (χ0) is 12.5. The highest BCUT2D eigenvalue weighted by molar-refractivity contribution is 4.73. The van der Waals surface area contributed by atoms with Gasteiger partial charge in [-0.3, -0.25) is 0 Å². The molecule has 2 N–H and O–H groups in total. The highest BCUT2D eigenvalue weighted by Gasteiger charge is 2.20. The van der Waals surface area contributed by atoms with E-state index in [9.17, 15) is 0 Å². The van der Waals surface area contributed by atoms with Crippen LogP contribution in [0.15, 0.2) is 0 Å². The van der Waals surface area contributed by atoms with E-state index in [0.717, 1.165) is 45.8 Å². The van der Waals surface area contributed by atoms with Gasteiger partial charge in [0.15, 0.2) is 0 Å². The van der Waals surface area contributed by atoms with E-state index in [4.69, 9.17) is 15.2 Å². The Kier molecular flexibility index (Phi) is 7.77. The highest BCUT2D eigenvalue weighted by Crippen LogP contribution is 2.16. The Bertz CT molecular complexity index is 184. The molecule has 4 heteroatoms. The zero-order valence-electron chi connectivity index (χ0n) is 11.4. The summed E-state index contributed by atoms with van der Waals surface area (Å²) in [5.74, 6) is 0.686. The summed E-state index contributed by atoms with van der Waals surface area (Å²) >= 11 is 0. The number of rotatable bonds is 8. The lowest BCUT2D eigenvalue weighted by Gasteiger charge is -2.32. The van der Waals surface area contributed by atoms with Gasteiger partial charge in [0.05, 0.1) is 13.2 Å². The van der Waals surface area contributed by atoms with Crippen molar-refractivity contribution in [2.24, 2.45) is 11.7 Å². The van der Waals surface area contributed by atoms with Crippen molar-refractivity contribution < 1.29 is 9.47 Å². The second-order valence-corrected chi connectivity index (χ2v) is 5.06. The third-order valence-corrected chi connectivity index (χ3v) is 3.52. The molecule has 0 spiro atoms. The van der Waals surface area contributed by atoms with E-state index in [1.165, 1.54) is 12.8 Å². The van der Waals surface area contributed by atoms with Crippen LogP contribution in [0.25, 0.3) is 0 Å². The predicted molar refractivity (Wildman–Crippen MR) is 70.1 cm³/mol. The molecule has 1 aliphatic rings. The third kappa shape index (κ3) is 5.82. The van der Waals surface area contributed by atoms with Gasteiger partial charge in [-0.15, -0.1) is 0 Å². The summed E-state index contributed by atoms with van der Waals surface area (Å²) in [6, 6.07) is 0.491. The average Bonchev–Trinajstić information content (AvgIpc) is 2.35. The molecule has 4 nitrogen and oxygen atoms in total. The molecule has 0 aliphatic carbocycles. The number of ether oxygens (including phenoxy) is 2. The molecule has 0 saturated carbocycles. The Balaban J connectivity index is 2.31. The minimum atomic E-state index is 0.491. The van der Waals surface area contributed by atoms with Crippen LogP contribution in [0.2, 0.25) is 0 Å². The fraction of sp³-hybridized carbons (Fsp3) is 1.00. The molecule has 102 valence electrons. The molecule has 1 rings (SSSR count). The van der Waals surface area contributed by atoms with Crippen LogP contribution in [0.1, 0.15) is 25.7 Å². The topological polar surface area (TPSA) is 47.7 Å². The van der Waals surface area contributed by atoms with Crippen molar-refractivity contribution >= 4 is 0 Å². The fourth-order valence-corrected chi connectivity index (χ4v) is 2.48. The van der Waals surface area contributed by atoms with E-state index in [0.29, 0.717) is 12.0 Å². The monoisotopic (exact) mass is 244 g/mol. The van der Waals surface area contributed by atoms with Crippen molar-refractivity contribution in [3.63, 3.8) is 0 Å². The van der Waals surface area contributed by atoms with Crippen LogP contribution in [0, 0.1) is 5.92 Å². The summed E-state index contributed by atoms with van der Waals surface area (Å²) in [4.78, 5) is 2.42. The summed E-state index contributed by atoms with van der Waals surface area (Å²) in [5.41, 5.74) is 5.58. The molecule has 1 aliphatic heterocycles. The van der Waals surface area contributed by atoms with E-state index < -0.39 is 0 Å². The van der Waals surface area contributed by atoms with Gasteiger partial charge in [0, 0.05) is 26.3 Å². The van der Waals surface area contributed by atoms with Gasteiger partial charge < -0.3 is 20.1 Å². The molecule has 0 aromatic rings. The minimum Gasteiger partial charge on any atom is -0.383 e. The molecule has 0 radical (unpaired) electrons. The van der Waals surface area contributed by atoms with Crippen molar-refractivity contribution in [3.05, 3.63) is 0 Å². The maximum Gasteiger partial charge on any atom is 0.0617 e. The Labute approximate surface area is 105 Å². The van der Waals surface area contributed by atoms with E-state index in [-0.39, 0.29) is 0 Å². The van der Waals surface area contributed by atoms with Gasteiger partial charge in [-0.1, -0.05) is 0 Å². The maximum atomic E-state index is 5.58. The maximum absolute atomic E-state index is 5.58. The average molecular weight is 244 g/mol. The molecule has 0 bridgehead atoms. The largest absolute Gasteiger partial charge is 0.383 e. The molecule has 17 heavy (non-hydrogen) atoms. The molecule has 0 aromatic carbocycles. The molecule has 2 unspecified atom stereocenters. The van der Waals surface area contributed by atoms with E-state index in [1.54, 1.807) is 7.11 Å². The number of likely N-dealkylation sites (N-methyl/N-ethyl adjacent to an activating group) is 1. The normalized spacial score (nSPS) is 22.9. The molecule has 1 fully saturated rings. The molecule has 1 heterocycles.